The number of nitrogens with zero attached hydrogens (tertiary/aromatic N) is 1. The molecule has 0 aromatic heterocycles. The average molecular weight is 278 g/mol. The number of hydrogen-bond acceptors (Lipinski definition) is 2. The smallest absolute Gasteiger partial charge is 0.137 e. The number of halogens is 1. The van der Waals surface area contributed by atoms with Crippen molar-refractivity contribution in [2.75, 3.05) is 0 Å². The lowest BCUT2D eigenvalue weighted by Gasteiger charge is -2.48. The third-order valence-electron chi connectivity index (χ3n) is 4.63. The van der Waals surface area contributed by atoms with E-state index in [2.05, 4.69) is 17.0 Å². The van der Waals surface area contributed by atoms with Gasteiger partial charge in [0.05, 0.1) is 6.04 Å². The van der Waals surface area contributed by atoms with Crippen LogP contribution in [0, 0.1) is 0 Å². The highest BCUT2D eigenvalue weighted by molar-refractivity contribution is 6.30. The van der Waals surface area contributed by atoms with E-state index in [1.807, 2.05) is 12.1 Å². The maximum absolute atomic E-state index is 11.4. The molecule has 2 aliphatic heterocycles. The molecule has 1 aromatic rings. The van der Waals surface area contributed by atoms with Gasteiger partial charge < -0.3 is 4.79 Å². The van der Waals surface area contributed by atoms with Crippen LogP contribution >= 0.6 is 11.6 Å². The number of aldehydes is 1. The topological polar surface area (TPSA) is 20.3 Å². The molecule has 2 fully saturated rings. The minimum absolute atomic E-state index is 0.111. The summed E-state index contributed by atoms with van der Waals surface area (Å²) in [7, 11) is 0. The lowest BCUT2D eigenvalue weighted by atomic mass is 9.83. The van der Waals surface area contributed by atoms with Gasteiger partial charge in [0.15, 0.2) is 0 Å². The third kappa shape index (κ3) is 2.56. The van der Waals surface area contributed by atoms with Gasteiger partial charge in [-0.2, -0.15) is 0 Å². The molecular weight excluding hydrogens is 258 g/mol. The molecule has 2 nitrogen and oxygen atoms in total. The standard InChI is InChI=1S/C16H20ClNO/c17-13-9-7-12(8-10-13)16-6-2-4-14-3-1-5-15(11-19)18(14)16/h7-11,14-16H,1-6H2. The number of fused-ring (bicyclic) bond motifs is 1. The van der Waals surface area contributed by atoms with Gasteiger partial charge in [-0.15, -0.1) is 0 Å². The van der Waals surface area contributed by atoms with Crippen LogP contribution < -0.4 is 0 Å². The van der Waals surface area contributed by atoms with Gasteiger partial charge in [-0.1, -0.05) is 23.7 Å². The molecule has 0 aliphatic carbocycles. The predicted molar refractivity (Wildman–Crippen MR) is 77.4 cm³/mol. The van der Waals surface area contributed by atoms with Crippen molar-refractivity contribution in [3.05, 3.63) is 34.9 Å². The molecule has 0 amide bonds. The Bertz CT molecular complexity index is 443. The van der Waals surface area contributed by atoms with Gasteiger partial charge in [0.1, 0.15) is 6.29 Å². The Hall–Kier alpha value is -0.860. The summed E-state index contributed by atoms with van der Waals surface area (Å²) in [6.07, 6.45) is 8.27. The monoisotopic (exact) mass is 277 g/mol. The van der Waals surface area contributed by atoms with Crippen molar-refractivity contribution in [1.29, 1.82) is 0 Å². The molecule has 2 saturated heterocycles. The van der Waals surface area contributed by atoms with E-state index >= 15 is 0 Å². The van der Waals surface area contributed by atoms with Crippen LogP contribution in [0.15, 0.2) is 24.3 Å². The van der Waals surface area contributed by atoms with E-state index in [9.17, 15) is 4.79 Å². The quantitative estimate of drug-likeness (QED) is 0.762. The number of carbonyl (C=O) groups is 1. The first-order valence-corrected chi connectivity index (χ1v) is 7.65. The number of carbonyl (C=O) groups excluding carboxylic acids is 1. The van der Waals surface area contributed by atoms with Crippen LogP contribution in [0.5, 0.6) is 0 Å². The van der Waals surface area contributed by atoms with Gasteiger partial charge in [-0.05, 0) is 56.2 Å². The lowest BCUT2D eigenvalue weighted by Crippen LogP contribution is -2.51. The van der Waals surface area contributed by atoms with Crippen LogP contribution in [0.3, 0.4) is 0 Å². The van der Waals surface area contributed by atoms with E-state index in [0.29, 0.717) is 12.1 Å². The van der Waals surface area contributed by atoms with Crippen molar-refractivity contribution in [3.8, 4) is 0 Å². The molecular formula is C16H20ClNO. The zero-order valence-corrected chi connectivity index (χ0v) is 11.9. The first-order valence-electron chi connectivity index (χ1n) is 7.28. The van der Waals surface area contributed by atoms with Crippen molar-refractivity contribution >= 4 is 17.9 Å². The maximum atomic E-state index is 11.4. The molecule has 3 rings (SSSR count). The van der Waals surface area contributed by atoms with Crippen molar-refractivity contribution < 1.29 is 4.79 Å². The summed E-state index contributed by atoms with van der Waals surface area (Å²) in [5.41, 5.74) is 1.31. The first-order chi connectivity index (χ1) is 9.29. The van der Waals surface area contributed by atoms with E-state index < -0.39 is 0 Å². The Morgan fingerprint density at radius 2 is 1.74 bits per heavy atom. The van der Waals surface area contributed by atoms with E-state index in [0.717, 1.165) is 24.2 Å². The van der Waals surface area contributed by atoms with Gasteiger partial charge >= 0.3 is 0 Å². The molecule has 102 valence electrons. The Balaban J connectivity index is 1.89. The molecule has 1 aromatic carbocycles. The lowest BCUT2D eigenvalue weighted by molar-refractivity contribution is -0.117. The minimum atomic E-state index is 0.111. The molecule has 0 bridgehead atoms. The normalized spacial score (nSPS) is 31.7. The second-order valence-corrected chi connectivity index (χ2v) is 6.17. The van der Waals surface area contributed by atoms with Gasteiger partial charge in [0.2, 0.25) is 0 Å². The maximum Gasteiger partial charge on any atom is 0.137 e. The van der Waals surface area contributed by atoms with E-state index in [1.165, 1.54) is 31.2 Å². The zero-order chi connectivity index (χ0) is 13.2. The van der Waals surface area contributed by atoms with Gasteiger partial charge in [-0.3, -0.25) is 4.90 Å². The zero-order valence-electron chi connectivity index (χ0n) is 11.1. The molecule has 2 heterocycles. The third-order valence-corrected chi connectivity index (χ3v) is 4.88. The summed E-state index contributed by atoms with van der Waals surface area (Å²) in [5.74, 6) is 0. The molecule has 3 atom stereocenters. The summed E-state index contributed by atoms with van der Waals surface area (Å²) < 4.78 is 0. The fourth-order valence-electron chi connectivity index (χ4n) is 3.77. The predicted octanol–water partition coefficient (Wildman–Crippen LogP) is 3.99. The highest BCUT2D eigenvalue weighted by atomic mass is 35.5. The number of piperidine rings is 2. The van der Waals surface area contributed by atoms with Crippen LogP contribution in [-0.4, -0.2) is 23.3 Å². The number of hydrogen-bond donors (Lipinski definition) is 0. The SMILES string of the molecule is O=CC1CCCC2CCCC(c3ccc(Cl)cc3)N12. The molecule has 0 radical (unpaired) electrons. The minimum Gasteiger partial charge on any atom is -0.302 e. The average Bonchev–Trinajstić information content (AvgIpc) is 2.47. The molecule has 3 heteroatoms. The van der Waals surface area contributed by atoms with Gasteiger partial charge in [-0.25, -0.2) is 0 Å². The fourth-order valence-corrected chi connectivity index (χ4v) is 3.89. The molecule has 19 heavy (non-hydrogen) atoms. The van der Waals surface area contributed by atoms with Crippen LogP contribution in [0.2, 0.25) is 5.02 Å². The van der Waals surface area contributed by atoms with Crippen LogP contribution in [-0.2, 0) is 4.79 Å². The summed E-state index contributed by atoms with van der Waals surface area (Å²) in [5, 5.41) is 0.779. The first kappa shape index (κ1) is 13.1. The molecule has 2 aliphatic rings. The molecule has 0 saturated carbocycles. The summed E-state index contributed by atoms with van der Waals surface area (Å²) in [6.45, 7) is 0. The summed E-state index contributed by atoms with van der Waals surface area (Å²) in [6, 6.07) is 9.25. The van der Waals surface area contributed by atoms with Crippen molar-refractivity contribution in [1.82, 2.24) is 4.90 Å². The number of benzene rings is 1. The second kappa shape index (κ2) is 5.64. The van der Waals surface area contributed by atoms with Gasteiger partial charge in [0, 0.05) is 17.1 Å². The Morgan fingerprint density at radius 1 is 1.05 bits per heavy atom. The van der Waals surface area contributed by atoms with Gasteiger partial charge in [0.25, 0.3) is 0 Å². The van der Waals surface area contributed by atoms with Crippen molar-refractivity contribution in [2.24, 2.45) is 0 Å². The summed E-state index contributed by atoms with van der Waals surface area (Å²) in [4.78, 5) is 13.9. The van der Waals surface area contributed by atoms with Crippen molar-refractivity contribution in [2.45, 2.75) is 56.7 Å². The summed E-state index contributed by atoms with van der Waals surface area (Å²) >= 11 is 5.97. The van der Waals surface area contributed by atoms with E-state index in [4.69, 9.17) is 11.6 Å². The van der Waals surface area contributed by atoms with Crippen LogP contribution in [0.1, 0.15) is 50.1 Å². The Kier molecular flexibility index (Phi) is 3.90. The van der Waals surface area contributed by atoms with E-state index in [1.54, 1.807) is 0 Å². The molecule has 0 N–H and O–H groups in total. The van der Waals surface area contributed by atoms with Crippen LogP contribution in [0.25, 0.3) is 0 Å². The fraction of sp³-hybridized carbons (Fsp3) is 0.562. The molecule has 0 spiro atoms. The number of rotatable bonds is 2. The molecule has 3 unspecified atom stereocenters. The highest BCUT2D eigenvalue weighted by Crippen LogP contribution is 2.40. The van der Waals surface area contributed by atoms with Crippen molar-refractivity contribution in [3.63, 3.8) is 0 Å². The largest absolute Gasteiger partial charge is 0.302 e. The van der Waals surface area contributed by atoms with E-state index in [-0.39, 0.29) is 6.04 Å². The Labute approximate surface area is 119 Å². The Morgan fingerprint density at radius 3 is 2.42 bits per heavy atom. The second-order valence-electron chi connectivity index (χ2n) is 5.73. The highest BCUT2D eigenvalue weighted by Gasteiger charge is 2.38. The van der Waals surface area contributed by atoms with Crippen LogP contribution in [0.4, 0.5) is 0 Å².